The number of rotatable bonds is 5. The minimum Gasteiger partial charge on any atom is -0.389 e. The summed E-state index contributed by atoms with van der Waals surface area (Å²) in [6.07, 6.45) is 3.17. The molecule has 2 saturated heterocycles. The number of benzene rings is 3. The van der Waals surface area contributed by atoms with Crippen molar-refractivity contribution in [3.05, 3.63) is 71.0 Å². The van der Waals surface area contributed by atoms with Crippen molar-refractivity contribution in [3.63, 3.8) is 0 Å². The predicted molar refractivity (Wildman–Crippen MR) is 149 cm³/mol. The number of carbonyl (C=O) groups is 1. The van der Waals surface area contributed by atoms with Crippen molar-refractivity contribution < 1.29 is 23.1 Å². The van der Waals surface area contributed by atoms with Crippen LogP contribution in [0.2, 0.25) is 0 Å². The van der Waals surface area contributed by atoms with Gasteiger partial charge >= 0.3 is 0 Å². The molecular weight excluding hydrogens is 545 g/mol. The van der Waals surface area contributed by atoms with Crippen LogP contribution in [0.1, 0.15) is 55.5 Å². The zero-order valence-electron chi connectivity index (χ0n) is 23.1. The number of hydrogen-bond donors (Lipinski definition) is 2. The highest BCUT2D eigenvalue weighted by Gasteiger charge is 2.42. The molecule has 0 spiro atoms. The Kier molecular flexibility index (Phi) is 6.78. The zero-order chi connectivity index (χ0) is 29.9. The van der Waals surface area contributed by atoms with Gasteiger partial charge in [0.05, 0.1) is 17.7 Å². The fourth-order valence-electron chi connectivity index (χ4n) is 6.37. The lowest BCUT2D eigenvalue weighted by Gasteiger charge is -2.38. The van der Waals surface area contributed by atoms with E-state index in [0.29, 0.717) is 18.4 Å². The van der Waals surface area contributed by atoms with Crippen molar-refractivity contribution in [1.82, 2.24) is 19.9 Å². The number of amides is 1. The van der Waals surface area contributed by atoms with Gasteiger partial charge in [0.15, 0.2) is 11.6 Å². The van der Waals surface area contributed by atoms with Crippen molar-refractivity contribution >= 4 is 16.9 Å². The summed E-state index contributed by atoms with van der Waals surface area (Å²) in [4.78, 5) is 15.6. The maximum Gasteiger partial charge on any atom is 0.254 e. The molecule has 0 radical (unpaired) electrons. The molecule has 2 bridgehead atoms. The molecule has 1 aromatic heterocycles. The van der Waals surface area contributed by atoms with Crippen LogP contribution >= 0.6 is 0 Å². The van der Waals surface area contributed by atoms with Crippen LogP contribution in [0.25, 0.3) is 33.3 Å². The molecule has 3 heterocycles. The van der Waals surface area contributed by atoms with E-state index in [9.17, 15) is 19.6 Å². The fraction of sp³-hybridized carbons (Fsp3) is 0.355. The molecule has 2 aliphatic heterocycles. The Bertz CT molecular complexity index is 1760. The van der Waals surface area contributed by atoms with Gasteiger partial charge in [-0.05, 0) is 86.6 Å². The van der Waals surface area contributed by atoms with Gasteiger partial charge in [-0.3, -0.25) is 4.79 Å². The van der Waals surface area contributed by atoms with E-state index in [4.69, 9.17) is 5.73 Å². The number of hydrogen-bond acceptors (Lipinski definition) is 6. The van der Waals surface area contributed by atoms with Gasteiger partial charge in [-0.2, -0.15) is 5.26 Å². The molecule has 3 N–H and O–H groups in total. The highest BCUT2D eigenvalue weighted by molar-refractivity contribution is 5.99. The SMILES string of the molecule is CC(C)(O)Cn1nnc2cc(-c3ccc(C(=O)N4C5CCC4CC(N)C5)cc3-c3ccc(C#N)c(F)c3)c(F)c(F)c21. The molecule has 2 aliphatic rings. The summed E-state index contributed by atoms with van der Waals surface area (Å²) in [5.41, 5.74) is 5.57. The number of fused-ring (bicyclic) bond motifs is 3. The number of aliphatic hydroxyl groups is 1. The number of carbonyl (C=O) groups excluding carboxylic acids is 1. The predicted octanol–water partition coefficient (Wildman–Crippen LogP) is 4.92. The van der Waals surface area contributed by atoms with Gasteiger partial charge in [-0.15, -0.1) is 5.10 Å². The third kappa shape index (κ3) is 4.80. The van der Waals surface area contributed by atoms with E-state index in [1.165, 1.54) is 38.1 Å². The topological polar surface area (TPSA) is 121 Å². The Morgan fingerprint density at radius 2 is 1.76 bits per heavy atom. The molecular formula is C31H29F3N6O2. The minimum absolute atomic E-state index is 0.0298. The molecule has 1 amide bonds. The number of piperidine rings is 1. The summed E-state index contributed by atoms with van der Waals surface area (Å²) in [6.45, 7) is 2.91. The Hall–Kier alpha value is -4.27. The van der Waals surface area contributed by atoms with E-state index in [-0.39, 0.29) is 69.4 Å². The molecule has 0 aliphatic carbocycles. The minimum atomic E-state index is -1.25. The first-order valence-electron chi connectivity index (χ1n) is 13.8. The van der Waals surface area contributed by atoms with Crippen LogP contribution in [0.3, 0.4) is 0 Å². The zero-order valence-corrected chi connectivity index (χ0v) is 23.1. The third-order valence-electron chi connectivity index (χ3n) is 8.18. The normalized spacial score (nSPS) is 20.2. The van der Waals surface area contributed by atoms with Crippen molar-refractivity contribution in [3.8, 4) is 28.3 Å². The first-order chi connectivity index (χ1) is 19.9. The lowest BCUT2D eigenvalue weighted by Crippen LogP contribution is -2.50. The van der Waals surface area contributed by atoms with Gasteiger partial charge in [0.2, 0.25) is 0 Å². The van der Waals surface area contributed by atoms with Crippen LogP contribution in [0.5, 0.6) is 0 Å². The van der Waals surface area contributed by atoms with Gasteiger partial charge in [-0.25, -0.2) is 17.9 Å². The van der Waals surface area contributed by atoms with Gasteiger partial charge in [-0.1, -0.05) is 17.3 Å². The molecule has 8 nitrogen and oxygen atoms in total. The molecule has 0 saturated carbocycles. The summed E-state index contributed by atoms with van der Waals surface area (Å²) >= 11 is 0. The molecule has 11 heteroatoms. The molecule has 2 unspecified atom stereocenters. The Morgan fingerprint density at radius 3 is 2.40 bits per heavy atom. The third-order valence-corrected chi connectivity index (χ3v) is 8.18. The lowest BCUT2D eigenvalue weighted by atomic mass is 9.90. The standard InChI is InChI=1S/C31H29F3N6O2/c1-31(2,42)15-39-29-26(37-38-39)13-24(27(33)28(29)34)22-8-5-17(9-23(22)16-3-4-18(14-35)25(32)10-16)30(41)40-20-6-7-21(40)12-19(36)11-20/h3-5,8-10,13,19-21,42H,6-7,11-12,15,36H2,1-2H3. The maximum atomic E-state index is 15.8. The highest BCUT2D eigenvalue weighted by atomic mass is 19.2. The second kappa shape index (κ2) is 10.2. The number of nitrogens with two attached hydrogens (primary N) is 1. The first kappa shape index (κ1) is 27.9. The highest BCUT2D eigenvalue weighted by Crippen LogP contribution is 2.40. The van der Waals surface area contributed by atoms with E-state index < -0.39 is 23.1 Å². The van der Waals surface area contributed by atoms with Crippen molar-refractivity contribution in [2.75, 3.05) is 0 Å². The van der Waals surface area contributed by atoms with E-state index in [1.807, 2.05) is 4.90 Å². The van der Waals surface area contributed by atoms with Gasteiger partial charge in [0.1, 0.15) is 22.9 Å². The van der Waals surface area contributed by atoms with Crippen LogP contribution < -0.4 is 5.73 Å². The maximum absolute atomic E-state index is 15.8. The van der Waals surface area contributed by atoms with E-state index in [0.717, 1.165) is 23.6 Å². The smallest absolute Gasteiger partial charge is 0.254 e. The number of nitriles is 1. The Labute approximate surface area is 240 Å². The molecule has 6 rings (SSSR count). The molecule has 216 valence electrons. The van der Waals surface area contributed by atoms with Crippen LogP contribution in [-0.4, -0.2) is 54.6 Å². The molecule has 2 fully saturated rings. The van der Waals surface area contributed by atoms with Crippen molar-refractivity contribution in [2.24, 2.45) is 5.73 Å². The summed E-state index contributed by atoms with van der Waals surface area (Å²) in [5.74, 6) is -3.36. The molecule has 2 atom stereocenters. The van der Waals surface area contributed by atoms with Gasteiger partial charge in [0, 0.05) is 29.3 Å². The van der Waals surface area contributed by atoms with Crippen LogP contribution in [0, 0.1) is 28.8 Å². The van der Waals surface area contributed by atoms with Crippen molar-refractivity contribution in [2.45, 2.75) is 69.8 Å². The summed E-state index contributed by atoms with van der Waals surface area (Å²) in [7, 11) is 0. The molecule has 4 aromatic rings. The number of aromatic nitrogens is 3. The number of halogens is 3. The number of nitrogens with zero attached hydrogens (tertiary/aromatic N) is 5. The van der Waals surface area contributed by atoms with Crippen LogP contribution in [0.4, 0.5) is 13.2 Å². The quantitative estimate of drug-likeness (QED) is 0.349. The average molecular weight is 575 g/mol. The monoisotopic (exact) mass is 574 g/mol. The first-order valence-corrected chi connectivity index (χ1v) is 13.8. The van der Waals surface area contributed by atoms with Crippen LogP contribution in [-0.2, 0) is 6.54 Å². The fourth-order valence-corrected chi connectivity index (χ4v) is 6.37. The largest absolute Gasteiger partial charge is 0.389 e. The second-order valence-electron chi connectivity index (χ2n) is 11.9. The van der Waals surface area contributed by atoms with E-state index in [2.05, 4.69) is 10.3 Å². The van der Waals surface area contributed by atoms with Crippen molar-refractivity contribution in [1.29, 1.82) is 5.26 Å². The summed E-state index contributed by atoms with van der Waals surface area (Å²) < 4.78 is 47.2. The Balaban J connectivity index is 1.50. The van der Waals surface area contributed by atoms with Gasteiger partial charge < -0.3 is 15.7 Å². The van der Waals surface area contributed by atoms with E-state index >= 15 is 8.78 Å². The van der Waals surface area contributed by atoms with Gasteiger partial charge in [0.25, 0.3) is 5.91 Å². The summed E-state index contributed by atoms with van der Waals surface area (Å²) in [5, 5.41) is 27.3. The lowest BCUT2D eigenvalue weighted by molar-refractivity contribution is 0.0571. The Morgan fingerprint density at radius 1 is 1.05 bits per heavy atom. The molecule has 42 heavy (non-hydrogen) atoms. The van der Waals surface area contributed by atoms with Crippen LogP contribution in [0.15, 0.2) is 42.5 Å². The molecule has 3 aromatic carbocycles. The summed E-state index contributed by atoms with van der Waals surface area (Å²) in [6, 6.07) is 11.8. The second-order valence-corrected chi connectivity index (χ2v) is 11.9. The van der Waals surface area contributed by atoms with E-state index in [1.54, 1.807) is 18.2 Å². The average Bonchev–Trinajstić information content (AvgIpc) is 3.46.